The zero-order chi connectivity index (χ0) is 16.3. The molecule has 0 N–H and O–H groups in total. The third-order valence-corrected chi connectivity index (χ3v) is 5.32. The Morgan fingerprint density at radius 3 is 2.82 bits per heavy atom. The summed E-state index contributed by atoms with van der Waals surface area (Å²) in [7, 11) is 0. The zero-order valence-corrected chi connectivity index (χ0v) is 15.5. The van der Waals surface area contributed by atoms with Crippen molar-refractivity contribution in [3.63, 3.8) is 0 Å². The van der Waals surface area contributed by atoms with Gasteiger partial charge in [0.1, 0.15) is 5.37 Å². The highest BCUT2D eigenvalue weighted by molar-refractivity contribution is 7.99. The van der Waals surface area contributed by atoms with Crippen LogP contribution in [0.4, 0.5) is 0 Å². The minimum absolute atomic E-state index is 0.119. The van der Waals surface area contributed by atoms with Crippen LogP contribution in [0.1, 0.15) is 51.5 Å². The predicted molar refractivity (Wildman–Crippen MR) is 96.2 cm³/mol. The Morgan fingerprint density at radius 2 is 2.18 bits per heavy atom. The van der Waals surface area contributed by atoms with Gasteiger partial charge in [0.2, 0.25) is 5.91 Å². The van der Waals surface area contributed by atoms with Crippen molar-refractivity contribution in [1.29, 1.82) is 0 Å². The molecule has 0 saturated carbocycles. The smallest absolute Gasteiger partial charge is 0.224 e. The number of hydrogen-bond acceptors (Lipinski definition) is 2. The van der Waals surface area contributed by atoms with Crippen LogP contribution in [0.2, 0.25) is 5.02 Å². The van der Waals surface area contributed by atoms with Crippen molar-refractivity contribution in [1.82, 2.24) is 4.90 Å². The van der Waals surface area contributed by atoms with Crippen molar-refractivity contribution in [3.05, 3.63) is 34.9 Å². The van der Waals surface area contributed by atoms with E-state index in [1.807, 2.05) is 34.9 Å². The van der Waals surface area contributed by atoms with Crippen molar-refractivity contribution in [3.8, 4) is 0 Å². The van der Waals surface area contributed by atoms with Crippen LogP contribution < -0.4 is 0 Å². The summed E-state index contributed by atoms with van der Waals surface area (Å²) in [4.78, 5) is 14.7. The van der Waals surface area contributed by atoms with Gasteiger partial charge in [0.05, 0.1) is 0 Å². The van der Waals surface area contributed by atoms with E-state index in [9.17, 15) is 4.79 Å². The molecule has 2 rings (SSSR count). The van der Waals surface area contributed by atoms with E-state index in [2.05, 4.69) is 33.8 Å². The first-order valence-corrected chi connectivity index (χ1v) is 9.35. The highest BCUT2D eigenvalue weighted by Crippen LogP contribution is 2.39. The monoisotopic (exact) mass is 339 g/mol. The molecule has 1 aromatic rings. The molecule has 122 valence electrons. The lowest BCUT2D eigenvalue weighted by Gasteiger charge is -2.28. The number of carbonyl (C=O) groups excluding carboxylic acids is 1. The molecule has 0 radical (unpaired) electrons. The standard InChI is InChI=1S/C18H26ClNOS/c1-13(12-18(2,3)4)10-16(21)20-8-9-22-17(20)14-6-5-7-15(19)11-14/h5-7,11,13,17H,8-10,12H2,1-4H3/t13-,17+/m0/s1. The summed E-state index contributed by atoms with van der Waals surface area (Å²) in [6.45, 7) is 9.71. The fourth-order valence-electron chi connectivity index (χ4n) is 3.19. The molecule has 1 aliphatic heterocycles. The Bertz CT molecular complexity index is 526. The van der Waals surface area contributed by atoms with Gasteiger partial charge >= 0.3 is 0 Å². The third kappa shape index (κ3) is 4.92. The van der Waals surface area contributed by atoms with Gasteiger partial charge in [-0.15, -0.1) is 11.8 Å². The number of hydrogen-bond donors (Lipinski definition) is 0. The minimum Gasteiger partial charge on any atom is -0.326 e. The van der Waals surface area contributed by atoms with Crippen molar-refractivity contribution >= 4 is 29.3 Å². The van der Waals surface area contributed by atoms with Gasteiger partial charge in [0, 0.05) is 23.7 Å². The van der Waals surface area contributed by atoms with Crippen LogP contribution in [0.25, 0.3) is 0 Å². The number of nitrogens with zero attached hydrogens (tertiary/aromatic N) is 1. The lowest BCUT2D eigenvalue weighted by atomic mass is 9.84. The molecule has 0 unspecified atom stereocenters. The molecule has 0 spiro atoms. The van der Waals surface area contributed by atoms with Crippen molar-refractivity contribution in [2.75, 3.05) is 12.3 Å². The first-order valence-electron chi connectivity index (χ1n) is 7.93. The number of amides is 1. The van der Waals surface area contributed by atoms with E-state index in [1.165, 1.54) is 0 Å². The average Bonchev–Trinajstić information content (AvgIpc) is 2.85. The topological polar surface area (TPSA) is 20.3 Å². The van der Waals surface area contributed by atoms with Crippen LogP contribution in [0.15, 0.2) is 24.3 Å². The Hall–Kier alpha value is -0.670. The van der Waals surface area contributed by atoms with Gasteiger partial charge in [-0.05, 0) is 35.4 Å². The molecule has 2 atom stereocenters. The van der Waals surface area contributed by atoms with E-state index in [1.54, 1.807) is 0 Å². The number of rotatable bonds is 4. The number of thioether (sulfide) groups is 1. The average molecular weight is 340 g/mol. The van der Waals surface area contributed by atoms with Crippen LogP contribution >= 0.6 is 23.4 Å². The van der Waals surface area contributed by atoms with Gasteiger partial charge in [-0.3, -0.25) is 4.79 Å². The SMILES string of the molecule is C[C@@H](CC(=O)N1CCS[C@@H]1c1cccc(Cl)c1)CC(C)(C)C. The Balaban J connectivity index is 2.02. The van der Waals surface area contributed by atoms with Crippen LogP contribution in [-0.4, -0.2) is 23.1 Å². The van der Waals surface area contributed by atoms with E-state index in [4.69, 9.17) is 11.6 Å². The minimum atomic E-state index is 0.119. The molecule has 0 aliphatic carbocycles. The van der Waals surface area contributed by atoms with Gasteiger partial charge in [-0.2, -0.15) is 0 Å². The lowest BCUT2D eigenvalue weighted by Crippen LogP contribution is -2.32. The van der Waals surface area contributed by atoms with Gasteiger partial charge in [0.15, 0.2) is 0 Å². The maximum absolute atomic E-state index is 12.7. The second kappa shape index (κ2) is 7.27. The first kappa shape index (κ1) is 17.7. The van der Waals surface area contributed by atoms with Crippen molar-refractivity contribution < 1.29 is 4.79 Å². The second-order valence-electron chi connectivity index (χ2n) is 7.44. The molecule has 0 bridgehead atoms. The van der Waals surface area contributed by atoms with E-state index in [0.29, 0.717) is 12.3 Å². The van der Waals surface area contributed by atoms with Crippen molar-refractivity contribution in [2.45, 2.75) is 45.9 Å². The Morgan fingerprint density at radius 1 is 1.45 bits per heavy atom. The van der Waals surface area contributed by atoms with Crippen LogP contribution in [0, 0.1) is 11.3 Å². The molecule has 1 heterocycles. The normalized spacial score (nSPS) is 20.2. The molecule has 1 aromatic carbocycles. The zero-order valence-electron chi connectivity index (χ0n) is 13.9. The molecule has 0 aromatic heterocycles. The summed E-state index contributed by atoms with van der Waals surface area (Å²) in [5.41, 5.74) is 1.40. The molecule has 4 heteroatoms. The van der Waals surface area contributed by atoms with Gasteiger partial charge < -0.3 is 4.90 Å². The van der Waals surface area contributed by atoms with E-state index in [0.717, 1.165) is 29.3 Å². The molecule has 1 saturated heterocycles. The summed E-state index contributed by atoms with van der Waals surface area (Å²) in [6, 6.07) is 7.88. The Kier molecular flexibility index (Phi) is 5.84. The molecule has 2 nitrogen and oxygen atoms in total. The maximum Gasteiger partial charge on any atom is 0.224 e. The summed E-state index contributed by atoms with van der Waals surface area (Å²) < 4.78 is 0. The van der Waals surface area contributed by atoms with Crippen LogP contribution in [-0.2, 0) is 4.79 Å². The molecule has 1 aliphatic rings. The largest absolute Gasteiger partial charge is 0.326 e. The number of halogens is 1. The van der Waals surface area contributed by atoms with Crippen LogP contribution in [0.5, 0.6) is 0 Å². The molecule has 1 amide bonds. The molecular formula is C18H26ClNOS. The Labute approximate surface area is 143 Å². The third-order valence-electron chi connectivity index (χ3n) is 3.83. The highest BCUT2D eigenvalue weighted by Gasteiger charge is 2.31. The molecule has 1 fully saturated rings. The predicted octanol–water partition coefficient (Wildman–Crippen LogP) is 5.38. The van der Waals surface area contributed by atoms with Gasteiger partial charge in [0.25, 0.3) is 0 Å². The second-order valence-corrected chi connectivity index (χ2v) is 9.06. The summed E-state index contributed by atoms with van der Waals surface area (Å²) in [5, 5.41) is 0.853. The number of carbonyl (C=O) groups is 1. The lowest BCUT2D eigenvalue weighted by molar-refractivity contribution is -0.132. The van der Waals surface area contributed by atoms with Crippen LogP contribution in [0.3, 0.4) is 0 Å². The molecule has 22 heavy (non-hydrogen) atoms. The summed E-state index contributed by atoms with van der Waals surface area (Å²) in [6.07, 6.45) is 1.70. The van der Waals surface area contributed by atoms with Crippen molar-refractivity contribution in [2.24, 2.45) is 11.3 Å². The van der Waals surface area contributed by atoms with Gasteiger partial charge in [-0.1, -0.05) is 51.4 Å². The van der Waals surface area contributed by atoms with E-state index in [-0.39, 0.29) is 16.7 Å². The molecular weight excluding hydrogens is 314 g/mol. The quantitative estimate of drug-likeness (QED) is 0.734. The van der Waals surface area contributed by atoms with E-state index < -0.39 is 0 Å². The highest BCUT2D eigenvalue weighted by atomic mass is 35.5. The number of benzene rings is 1. The fraction of sp³-hybridized carbons (Fsp3) is 0.611. The van der Waals surface area contributed by atoms with Gasteiger partial charge in [-0.25, -0.2) is 0 Å². The first-order chi connectivity index (χ1) is 10.3. The summed E-state index contributed by atoms with van der Waals surface area (Å²) in [5.74, 6) is 1.68. The summed E-state index contributed by atoms with van der Waals surface area (Å²) >= 11 is 7.92. The maximum atomic E-state index is 12.7. The fourth-order valence-corrected chi connectivity index (χ4v) is 4.66. The van der Waals surface area contributed by atoms with E-state index >= 15 is 0 Å².